The molecular weight excluding hydrogens is 356 g/mol. The van der Waals surface area contributed by atoms with Gasteiger partial charge >= 0.3 is 0 Å². The third-order valence-electron chi connectivity index (χ3n) is 5.06. The fourth-order valence-corrected chi connectivity index (χ4v) is 3.37. The summed E-state index contributed by atoms with van der Waals surface area (Å²) in [6.45, 7) is 4.29. The van der Waals surface area contributed by atoms with Crippen molar-refractivity contribution in [1.29, 1.82) is 0 Å². The van der Waals surface area contributed by atoms with Gasteiger partial charge in [0.1, 0.15) is 5.69 Å². The number of carbonyl (C=O) groups is 1. The normalized spacial score (nSPS) is 13.1. The fraction of sp³-hybridized carbons (Fsp3) is 0.476. The molecular formula is C21H28N4O3. The lowest BCUT2D eigenvalue weighted by Gasteiger charge is -2.29. The molecule has 0 radical (unpaired) electrons. The zero-order valence-corrected chi connectivity index (χ0v) is 17.1. The largest absolute Gasteiger partial charge is 0.493 e. The molecule has 150 valence electrons. The van der Waals surface area contributed by atoms with Crippen LogP contribution in [0.25, 0.3) is 0 Å². The van der Waals surface area contributed by atoms with Crippen LogP contribution in [0.4, 0.5) is 5.95 Å². The quantitative estimate of drug-likeness (QED) is 0.731. The fourth-order valence-electron chi connectivity index (χ4n) is 3.37. The van der Waals surface area contributed by atoms with Crippen LogP contribution in [0.3, 0.4) is 0 Å². The highest BCUT2D eigenvalue weighted by Crippen LogP contribution is 2.33. The molecule has 7 heteroatoms. The Balaban J connectivity index is 1.79. The van der Waals surface area contributed by atoms with Crippen LogP contribution in [-0.4, -0.2) is 55.1 Å². The molecule has 1 aliphatic heterocycles. The number of benzene rings is 1. The summed E-state index contributed by atoms with van der Waals surface area (Å²) in [5.74, 6) is 1.97. The van der Waals surface area contributed by atoms with Gasteiger partial charge in [0, 0.05) is 32.9 Å². The molecule has 1 amide bonds. The lowest BCUT2D eigenvalue weighted by Crippen LogP contribution is -2.33. The molecule has 0 atom stereocenters. The van der Waals surface area contributed by atoms with Gasteiger partial charge in [-0.05, 0) is 42.2 Å². The minimum Gasteiger partial charge on any atom is -0.493 e. The predicted molar refractivity (Wildman–Crippen MR) is 108 cm³/mol. The first-order valence-electron chi connectivity index (χ1n) is 9.64. The maximum Gasteiger partial charge on any atom is 0.272 e. The van der Waals surface area contributed by atoms with Crippen LogP contribution in [0.15, 0.2) is 24.4 Å². The summed E-state index contributed by atoms with van der Waals surface area (Å²) < 4.78 is 10.8. The van der Waals surface area contributed by atoms with Gasteiger partial charge in [-0.2, -0.15) is 0 Å². The number of carbonyl (C=O) groups excluding carboxylic acids is 1. The molecule has 1 aromatic heterocycles. The van der Waals surface area contributed by atoms with Crippen LogP contribution in [-0.2, 0) is 13.0 Å². The Morgan fingerprint density at radius 1 is 1.21 bits per heavy atom. The first-order valence-corrected chi connectivity index (χ1v) is 9.64. The van der Waals surface area contributed by atoms with Crippen molar-refractivity contribution >= 4 is 11.9 Å². The summed E-state index contributed by atoms with van der Waals surface area (Å²) in [6.07, 6.45) is 4.55. The molecule has 0 fully saturated rings. The summed E-state index contributed by atoms with van der Waals surface area (Å²) in [7, 11) is 5.10. The summed E-state index contributed by atoms with van der Waals surface area (Å²) in [5.41, 5.74) is 2.83. The zero-order chi connectivity index (χ0) is 20.1. The minimum atomic E-state index is -0.0686. The van der Waals surface area contributed by atoms with E-state index in [4.69, 9.17) is 9.47 Å². The van der Waals surface area contributed by atoms with Crippen molar-refractivity contribution in [2.45, 2.75) is 32.7 Å². The smallest absolute Gasteiger partial charge is 0.272 e. The Morgan fingerprint density at radius 3 is 2.61 bits per heavy atom. The van der Waals surface area contributed by atoms with Crippen molar-refractivity contribution < 1.29 is 14.3 Å². The first-order chi connectivity index (χ1) is 13.6. The minimum absolute atomic E-state index is 0.0686. The van der Waals surface area contributed by atoms with Crippen LogP contribution >= 0.6 is 0 Å². The summed E-state index contributed by atoms with van der Waals surface area (Å²) in [5, 5.41) is 0. The standard InChI is InChI=1S/C21H28N4O3/c1-5-6-10-24(2)20(26)17-7-9-22-21(23-17)25-11-8-15-12-18(27-3)19(28-4)13-16(15)14-25/h7,9,12-13H,5-6,8,10-11,14H2,1-4H3. The van der Waals surface area contributed by atoms with Crippen LogP contribution < -0.4 is 14.4 Å². The Bertz CT molecular complexity index is 840. The molecule has 0 bridgehead atoms. The molecule has 2 aromatic rings. The zero-order valence-electron chi connectivity index (χ0n) is 17.1. The van der Waals surface area contributed by atoms with E-state index in [0.717, 1.165) is 43.7 Å². The average Bonchev–Trinajstić information content (AvgIpc) is 2.75. The summed E-state index contributed by atoms with van der Waals surface area (Å²) in [4.78, 5) is 25.4. The number of hydrogen-bond donors (Lipinski definition) is 0. The van der Waals surface area contributed by atoms with Gasteiger partial charge in [0.25, 0.3) is 5.91 Å². The van der Waals surface area contributed by atoms with Crippen molar-refractivity contribution in [3.8, 4) is 11.5 Å². The molecule has 0 aliphatic carbocycles. The second kappa shape index (κ2) is 8.91. The second-order valence-electron chi connectivity index (χ2n) is 6.97. The summed E-state index contributed by atoms with van der Waals surface area (Å²) in [6, 6.07) is 5.73. The first kappa shape index (κ1) is 19.9. The Morgan fingerprint density at radius 2 is 1.93 bits per heavy atom. The maximum atomic E-state index is 12.6. The third-order valence-corrected chi connectivity index (χ3v) is 5.06. The number of rotatable bonds is 7. The lowest BCUT2D eigenvalue weighted by molar-refractivity contribution is 0.0787. The van der Waals surface area contributed by atoms with Gasteiger partial charge in [-0.25, -0.2) is 9.97 Å². The van der Waals surface area contributed by atoms with E-state index in [1.165, 1.54) is 5.56 Å². The van der Waals surface area contributed by atoms with E-state index in [2.05, 4.69) is 21.8 Å². The molecule has 3 rings (SSSR count). The van der Waals surface area contributed by atoms with Gasteiger partial charge in [-0.1, -0.05) is 13.3 Å². The van der Waals surface area contributed by atoms with Crippen LogP contribution in [0.5, 0.6) is 11.5 Å². The van der Waals surface area contributed by atoms with Gasteiger partial charge in [0.2, 0.25) is 5.95 Å². The number of ether oxygens (including phenoxy) is 2. The van der Waals surface area contributed by atoms with Crippen LogP contribution in [0.2, 0.25) is 0 Å². The molecule has 0 saturated heterocycles. The van der Waals surface area contributed by atoms with E-state index in [-0.39, 0.29) is 5.91 Å². The number of unbranched alkanes of at least 4 members (excludes halogenated alkanes) is 1. The topological polar surface area (TPSA) is 67.8 Å². The highest BCUT2D eigenvalue weighted by Gasteiger charge is 2.22. The maximum absolute atomic E-state index is 12.6. The molecule has 2 heterocycles. The van der Waals surface area contributed by atoms with Crippen molar-refractivity contribution in [2.75, 3.05) is 39.3 Å². The molecule has 1 aromatic carbocycles. The third kappa shape index (κ3) is 4.18. The molecule has 0 N–H and O–H groups in total. The number of aromatic nitrogens is 2. The van der Waals surface area contributed by atoms with Crippen molar-refractivity contribution in [2.24, 2.45) is 0 Å². The van der Waals surface area contributed by atoms with E-state index in [0.29, 0.717) is 23.9 Å². The van der Waals surface area contributed by atoms with Gasteiger partial charge in [-0.15, -0.1) is 0 Å². The van der Waals surface area contributed by atoms with E-state index in [1.807, 2.05) is 19.2 Å². The summed E-state index contributed by atoms with van der Waals surface area (Å²) >= 11 is 0. The second-order valence-corrected chi connectivity index (χ2v) is 6.97. The highest BCUT2D eigenvalue weighted by molar-refractivity contribution is 5.92. The molecule has 7 nitrogen and oxygen atoms in total. The number of amides is 1. The van der Waals surface area contributed by atoms with Gasteiger partial charge in [-0.3, -0.25) is 4.79 Å². The van der Waals surface area contributed by atoms with Gasteiger partial charge in [0.15, 0.2) is 11.5 Å². The van der Waals surface area contributed by atoms with Gasteiger partial charge < -0.3 is 19.3 Å². The van der Waals surface area contributed by atoms with Crippen molar-refractivity contribution in [3.05, 3.63) is 41.2 Å². The SMILES string of the molecule is CCCCN(C)C(=O)c1ccnc(N2CCc3cc(OC)c(OC)cc3C2)n1. The Hall–Kier alpha value is -2.83. The van der Waals surface area contributed by atoms with E-state index in [1.54, 1.807) is 31.4 Å². The molecule has 0 spiro atoms. The monoisotopic (exact) mass is 384 g/mol. The molecule has 28 heavy (non-hydrogen) atoms. The number of hydrogen-bond acceptors (Lipinski definition) is 6. The van der Waals surface area contributed by atoms with E-state index < -0.39 is 0 Å². The van der Waals surface area contributed by atoms with Crippen molar-refractivity contribution in [3.63, 3.8) is 0 Å². The molecule has 1 aliphatic rings. The van der Waals surface area contributed by atoms with Crippen LogP contribution in [0.1, 0.15) is 41.4 Å². The predicted octanol–water partition coefficient (Wildman–Crippen LogP) is 2.93. The lowest BCUT2D eigenvalue weighted by atomic mass is 9.99. The number of fused-ring (bicyclic) bond motifs is 1. The van der Waals surface area contributed by atoms with Gasteiger partial charge in [0.05, 0.1) is 14.2 Å². The van der Waals surface area contributed by atoms with E-state index in [9.17, 15) is 4.79 Å². The average molecular weight is 384 g/mol. The number of methoxy groups -OCH3 is 2. The molecule has 0 saturated carbocycles. The van der Waals surface area contributed by atoms with Crippen LogP contribution in [0, 0.1) is 0 Å². The Kier molecular flexibility index (Phi) is 6.34. The van der Waals surface area contributed by atoms with E-state index >= 15 is 0 Å². The highest BCUT2D eigenvalue weighted by atomic mass is 16.5. The Labute approximate surface area is 166 Å². The number of anilines is 1. The molecule has 0 unspecified atom stereocenters. The van der Waals surface area contributed by atoms with Crippen molar-refractivity contribution in [1.82, 2.24) is 14.9 Å². The number of nitrogens with zero attached hydrogens (tertiary/aromatic N) is 4.